The van der Waals surface area contributed by atoms with E-state index in [0.717, 1.165) is 44.3 Å². The second-order valence-corrected chi connectivity index (χ2v) is 8.32. The molecule has 6 heteroatoms. The molecular formula is C23H41N5O. The zero-order chi connectivity index (χ0) is 21.1. The Kier molecular flexibility index (Phi) is 10.3. The maximum absolute atomic E-state index is 5.25. The molecule has 2 unspecified atom stereocenters. The first-order valence-electron chi connectivity index (χ1n) is 11.1. The van der Waals surface area contributed by atoms with Gasteiger partial charge in [-0.15, -0.1) is 0 Å². The van der Waals surface area contributed by atoms with E-state index in [0.29, 0.717) is 11.8 Å². The van der Waals surface area contributed by atoms with Crippen LogP contribution in [0.1, 0.15) is 38.7 Å². The van der Waals surface area contributed by atoms with Gasteiger partial charge in [0.15, 0.2) is 5.96 Å². The summed E-state index contributed by atoms with van der Waals surface area (Å²) >= 11 is 0. The quantitative estimate of drug-likeness (QED) is 0.465. The first-order valence-corrected chi connectivity index (χ1v) is 11.1. The highest BCUT2D eigenvalue weighted by Gasteiger charge is 2.16. The molecule has 2 N–H and O–H groups in total. The van der Waals surface area contributed by atoms with Crippen molar-refractivity contribution in [2.45, 2.75) is 33.1 Å². The van der Waals surface area contributed by atoms with Crippen LogP contribution in [-0.4, -0.2) is 82.3 Å². The molecule has 0 radical (unpaired) electrons. The molecule has 2 rings (SSSR count). The maximum atomic E-state index is 5.25. The Balaban J connectivity index is 1.74. The van der Waals surface area contributed by atoms with Crippen molar-refractivity contribution in [3.63, 3.8) is 0 Å². The summed E-state index contributed by atoms with van der Waals surface area (Å²) in [5.74, 6) is 2.89. The molecule has 1 fully saturated rings. The number of nitrogens with zero attached hydrogens (tertiary/aromatic N) is 3. The molecule has 2 atom stereocenters. The van der Waals surface area contributed by atoms with Gasteiger partial charge < -0.3 is 25.2 Å². The van der Waals surface area contributed by atoms with Crippen LogP contribution in [0.25, 0.3) is 0 Å². The lowest BCUT2D eigenvalue weighted by molar-refractivity contribution is 0.140. The van der Waals surface area contributed by atoms with E-state index in [1.54, 1.807) is 7.11 Å². The topological polar surface area (TPSA) is 52.1 Å². The van der Waals surface area contributed by atoms with E-state index in [4.69, 9.17) is 9.73 Å². The van der Waals surface area contributed by atoms with Crippen molar-refractivity contribution in [3.05, 3.63) is 29.8 Å². The van der Waals surface area contributed by atoms with Crippen LogP contribution in [0.3, 0.4) is 0 Å². The lowest BCUT2D eigenvalue weighted by Gasteiger charge is -2.33. The Bertz CT molecular complexity index is 596. The van der Waals surface area contributed by atoms with Gasteiger partial charge in [-0.25, -0.2) is 0 Å². The number of likely N-dealkylation sites (N-methyl/N-ethyl adjacent to an activating group) is 1. The molecule has 164 valence electrons. The number of benzene rings is 1. The lowest BCUT2D eigenvalue weighted by Crippen LogP contribution is -2.46. The van der Waals surface area contributed by atoms with E-state index >= 15 is 0 Å². The molecule has 6 nitrogen and oxygen atoms in total. The fraction of sp³-hybridized carbons (Fsp3) is 0.696. The number of ether oxygens (including phenoxy) is 1. The van der Waals surface area contributed by atoms with Crippen LogP contribution in [0, 0.1) is 5.92 Å². The van der Waals surface area contributed by atoms with Crippen LogP contribution in [0.5, 0.6) is 5.75 Å². The molecule has 1 aromatic carbocycles. The van der Waals surface area contributed by atoms with Crippen molar-refractivity contribution in [1.29, 1.82) is 0 Å². The fourth-order valence-electron chi connectivity index (χ4n) is 3.62. The van der Waals surface area contributed by atoms with E-state index in [1.807, 2.05) is 12.1 Å². The molecule has 1 aliphatic heterocycles. The SMILES string of the molecule is CCNC(=NCC(C)CN1CCN(C)CC1)NCCC(C)c1ccc(OC)cc1. The summed E-state index contributed by atoms with van der Waals surface area (Å²) in [5, 5.41) is 6.88. The number of methoxy groups -OCH3 is 1. The zero-order valence-corrected chi connectivity index (χ0v) is 19.1. The normalized spacial score (nSPS) is 18.3. The van der Waals surface area contributed by atoms with Gasteiger partial charge in [-0.1, -0.05) is 26.0 Å². The molecule has 1 saturated heterocycles. The molecule has 0 saturated carbocycles. The summed E-state index contributed by atoms with van der Waals surface area (Å²) in [6.07, 6.45) is 1.06. The van der Waals surface area contributed by atoms with E-state index in [9.17, 15) is 0 Å². The zero-order valence-electron chi connectivity index (χ0n) is 19.1. The number of aliphatic imine (C=N–C) groups is 1. The third kappa shape index (κ3) is 8.62. The lowest BCUT2D eigenvalue weighted by atomic mass is 9.98. The molecule has 0 aliphatic carbocycles. The number of guanidine groups is 1. The average molecular weight is 404 g/mol. The third-order valence-corrected chi connectivity index (χ3v) is 5.63. The fourth-order valence-corrected chi connectivity index (χ4v) is 3.62. The number of hydrogen-bond acceptors (Lipinski definition) is 4. The van der Waals surface area contributed by atoms with Gasteiger partial charge in [-0.3, -0.25) is 4.99 Å². The van der Waals surface area contributed by atoms with E-state index in [1.165, 1.54) is 31.7 Å². The molecule has 0 aromatic heterocycles. The van der Waals surface area contributed by atoms with Gasteiger partial charge in [0.2, 0.25) is 0 Å². The minimum absolute atomic E-state index is 0.493. The summed E-state index contributed by atoms with van der Waals surface area (Å²) in [6, 6.07) is 8.38. The average Bonchev–Trinajstić information content (AvgIpc) is 2.73. The highest BCUT2D eigenvalue weighted by Crippen LogP contribution is 2.21. The third-order valence-electron chi connectivity index (χ3n) is 5.63. The Labute approximate surface area is 177 Å². The van der Waals surface area contributed by atoms with Crippen molar-refractivity contribution in [1.82, 2.24) is 20.4 Å². The summed E-state index contributed by atoms with van der Waals surface area (Å²) in [6.45, 7) is 15.2. The van der Waals surface area contributed by atoms with Crippen LogP contribution in [0.2, 0.25) is 0 Å². The second-order valence-electron chi connectivity index (χ2n) is 8.32. The summed E-state index contributed by atoms with van der Waals surface area (Å²) in [5.41, 5.74) is 1.34. The molecule has 0 bridgehead atoms. The van der Waals surface area contributed by atoms with Crippen LogP contribution in [0.15, 0.2) is 29.3 Å². The Morgan fingerprint density at radius 1 is 1.10 bits per heavy atom. The summed E-state index contributed by atoms with van der Waals surface area (Å²) in [7, 11) is 3.91. The number of nitrogens with one attached hydrogen (secondary N) is 2. The molecular weight excluding hydrogens is 362 g/mol. The number of rotatable bonds is 10. The van der Waals surface area contributed by atoms with Gasteiger partial charge >= 0.3 is 0 Å². The standard InChI is InChI=1S/C23H41N5O/c1-6-24-23(26-17-19(2)18-28-15-13-27(4)14-16-28)25-12-11-20(3)21-7-9-22(29-5)10-8-21/h7-10,19-20H,6,11-18H2,1-5H3,(H2,24,25,26). The predicted molar refractivity (Wildman–Crippen MR) is 123 cm³/mol. The Hall–Kier alpha value is -1.79. The molecule has 1 heterocycles. The molecule has 1 aliphatic rings. The van der Waals surface area contributed by atoms with Gasteiger partial charge in [-0.2, -0.15) is 0 Å². The molecule has 29 heavy (non-hydrogen) atoms. The van der Waals surface area contributed by atoms with Gasteiger partial charge in [0.1, 0.15) is 5.75 Å². The van der Waals surface area contributed by atoms with E-state index < -0.39 is 0 Å². The van der Waals surface area contributed by atoms with Crippen LogP contribution >= 0.6 is 0 Å². The van der Waals surface area contributed by atoms with Crippen molar-refractivity contribution >= 4 is 5.96 Å². The largest absolute Gasteiger partial charge is 0.497 e. The van der Waals surface area contributed by atoms with Crippen LogP contribution < -0.4 is 15.4 Å². The Morgan fingerprint density at radius 3 is 2.41 bits per heavy atom. The van der Waals surface area contributed by atoms with E-state index in [-0.39, 0.29) is 0 Å². The van der Waals surface area contributed by atoms with Gasteiger partial charge in [0, 0.05) is 52.4 Å². The summed E-state index contributed by atoms with van der Waals surface area (Å²) in [4.78, 5) is 9.80. The highest BCUT2D eigenvalue weighted by molar-refractivity contribution is 5.79. The van der Waals surface area contributed by atoms with Crippen LogP contribution in [0.4, 0.5) is 0 Å². The smallest absolute Gasteiger partial charge is 0.191 e. The first-order chi connectivity index (χ1) is 14.0. The minimum Gasteiger partial charge on any atom is -0.497 e. The Morgan fingerprint density at radius 2 is 1.79 bits per heavy atom. The highest BCUT2D eigenvalue weighted by atomic mass is 16.5. The number of hydrogen-bond donors (Lipinski definition) is 2. The predicted octanol–water partition coefficient (Wildman–Crippen LogP) is 2.63. The van der Waals surface area contributed by atoms with Gasteiger partial charge in [0.25, 0.3) is 0 Å². The first kappa shape index (κ1) is 23.5. The summed E-state index contributed by atoms with van der Waals surface area (Å²) < 4.78 is 5.25. The number of piperazine rings is 1. The van der Waals surface area contributed by atoms with Crippen molar-refractivity contribution in [2.24, 2.45) is 10.9 Å². The van der Waals surface area contributed by atoms with E-state index in [2.05, 4.69) is 60.4 Å². The second kappa shape index (κ2) is 12.7. The van der Waals surface area contributed by atoms with Gasteiger partial charge in [-0.05, 0) is 49.9 Å². The molecule has 0 amide bonds. The van der Waals surface area contributed by atoms with Crippen molar-refractivity contribution < 1.29 is 4.74 Å². The van der Waals surface area contributed by atoms with Crippen LogP contribution in [-0.2, 0) is 0 Å². The monoisotopic (exact) mass is 403 g/mol. The molecule has 1 aromatic rings. The van der Waals surface area contributed by atoms with Crippen molar-refractivity contribution in [3.8, 4) is 5.75 Å². The minimum atomic E-state index is 0.493. The molecule has 0 spiro atoms. The maximum Gasteiger partial charge on any atom is 0.191 e. The van der Waals surface area contributed by atoms with Crippen molar-refractivity contribution in [2.75, 3.05) is 66.5 Å². The van der Waals surface area contributed by atoms with Gasteiger partial charge in [0.05, 0.1) is 7.11 Å².